The molecule has 3 aromatic carbocycles. The van der Waals surface area contributed by atoms with Gasteiger partial charge in [-0.05, 0) is 99.9 Å². The number of fused-ring (bicyclic) bond motifs is 2. The third-order valence-electron chi connectivity index (χ3n) is 9.95. The largest absolute Gasteiger partial charge is 0.496 e. The highest BCUT2D eigenvalue weighted by Crippen LogP contribution is 2.54. The minimum absolute atomic E-state index is 0.00159. The highest BCUT2D eigenvalue weighted by Gasteiger charge is 2.54. The van der Waals surface area contributed by atoms with Gasteiger partial charge in [0.2, 0.25) is 12.0 Å². The second-order valence-corrected chi connectivity index (χ2v) is 15.1. The number of alkyl carbamates (subject to hydrolysis) is 1. The normalized spacial score (nSPS) is 21.1. The molecule has 6 atom stereocenters. The molecule has 10 nitrogen and oxygen atoms in total. The van der Waals surface area contributed by atoms with Crippen molar-refractivity contribution in [1.29, 1.82) is 0 Å². The van der Waals surface area contributed by atoms with Gasteiger partial charge in [0.15, 0.2) is 0 Å². The lowest BCUT2D eigenvalue weighted by atomic mass is 9.83. The number of aliphatic hydroxyl groups excluding tert-OH is 1. The van der Waals surface area contributed by atoms with E-state index in [9.17, 15) is 55.3 Å². The third-order valence-corrected chi connectivity index (χ3v) is 9.95. The van der Waals surface area contributed by atoms with Gasteiger partial charge < -0.3 is 30.3 Å². The molecular formula is C40H41F8N3O7. The molecule has 0 aromatic heterocycles. The number of nitrogens with one attached hydrogen (secondary N) is 3. The van der Waals surface area contributed by atoms with Gasteiger partial charge in [-0.3, -0.25) is 10.1 Å². The van der Waals surface area contributed by atoms with E-state index in [4.69, 9.17) is 9.47 Å². The van der Waals surface area contributed by atoms with Crippen molar-refractivity contribution in [2.75, 3.05) is 12.4 Å². The molecule has 314 valence electrons. The van der Waals surface area contributed by atoms with Gasteiger partial charge in [-0.25, -0.2) is 18.4 Å². The Morgan fingerprint density at radius 2 is 1.59 bits per heavy atom. The zero-order valence-corrected chi connectivity index (χ0v) is 31.5. The standard InChI is InChI=1S/C40H41F8N3O7/c1-38(2,3)51-37(56)58-33(36(54)55)20-7-12-28(41)25(17-20)19-8-14-30(57-4)26(16-19)34(52)50-32-24-11-10-23(22(24)6-5-15-39(43,44)45)31(32)35(53)49-21-9-13-29(42)27(18-21)40(46,47)48/h6-9,12-14,16-18,23-24,31-34,50,52H,5,10-11,15H2,1-4H3,(H,49,53)(H,51,56)(H,54,55)/b22-6-/t23?,24?,31-,32+,33?,34?/m0/s1. The summed E-state index contributed by atoms with van der Waals surface area (Å²) in [6.07, 6.45) is -13.6. The Balaban J connectivity index is 1.48. The van der Waals surface area contributed by atoms with Gasteiger partial charge in [0.25, 0.3) is 0 Å². The molecule has 4 unspecified atom stereocenters. The van der Waals surface area contributed by atoms with Crippen molar-refractivity contribution in [2.45, 2.75) is 82.7 Å². The number of carbonyl (C=O) groups is 3. The number of carboxylic acids is 1. The second-order valence-electron chi connectivity index (χ2n) is 15.1. The van der Waals surface area contributed by atoms with Gasteiger partial charge in [-0.2, -0.15) is 26.3 Å². The predicted octanol–water partition coefficient (Wildman–Crippen LogP) is 8.82. The molecule has 0 saturated heterocycles. The molecule has 0 spiro atoms. The zero-order valence-electron chi connectivity index (χ0n) is 31.5. The molecule has 2 aliphatic rings. The van der Waals surface area contributed by atoms with Crippen LogP contribution < -0.4 is 20.7 Å². The number of methoxy groups -OCH3 is 1. The number of carbonyl (C=O) groups excluding carboxylic acids is 2. The maximum Gasteiger partial charge on any atom is 0.419 e. The molecule has 5 rings (SSSR count). The molecule has 0 radical (unpaired) electrons. The maximum atomic E-state index is 15.4. The number of rotatable bonds is 12. The van der Waals surface area contributed by atoms with Crippen LogP contribution in [0.25, 0.3) is 11.1 Å². The van der Waals surface area contributed by atoms with E-state index in [1.807, 2.05) is 0 Å². The van der Waals surface area contributed by atoms with Crippen molar-refractivity contribution in [1.82, 2.24) is 10.6 Å². The summed E-state index contributed by atoms with van der Waals surface area (Å²) in [6.45, 7) is 4.94. The van der Waals surface area contributed by atoms with E-state index < -0.39 is 102 Å². The van der Waals surface area contributed by atoms with Crippen LogP contribution in [0.5, 0.6) is 5.75 Å². The number of aliphatic hydroxyl groups is 1. The average molecular weight is 828 g/mol. The Hall–Kier alpha value is -5.23. The van der Waals surface area contributed by atoms with Gasteiger partial charge in [-0.1, -0.05) is 23.8 Å². The van der Waals surface area contributed by atoms with Crippen LogP contribution in [0.4, 0.5) is 45.6 Å². The van der Waals surface area contributed by atoms with Crippen molar-refractivity contribution >= 4 is 23.7 Å². The molecule has 2 fully saturated rings. The number of hydrogen-bond donors (Lipinski definition) is 5. The van der Waals surface area contributed by atoms with E-state index in [0.29, 0.717) is 30.5 Å². The molecule has 2 aliphatic carbocycles. The maximum absolute atomic E-state index is 15.4. The van der Waals surface area contributed by atoms with Gasteiger partial charge in [0, 0.05) is 40.4 Å². The van der Waals surface area contributed by atoms with Crippen LogP contribution in [0.1, 0.15) is 75.5 Å². The van der Waals surface area contributed by atoms with Crippen molar-refractivity contribution in [3.63, 3.8) is 0 Å². The fraction of sp³-hybridized carbons (Fsp3) is 0.425. The third kappa shape index (κ3) is 10.2. The minimum atomic E-state index is -5.08. The van der Waals surface area contributed by atoms with Gasteiger partial charge >= 0.3 is 24.4 Å². The number of halogens is 8. The molecule has 58 heavy (non-hydrogen) atoms. The van der Waals surface area contributed by atoms with Crippen LogP contribution in [-0.4, -0.2) is 53.0 Å². The van der Waals surface area contributed by atoms with Crippen molar-refractivity contribution < 1.29 is 69.2 Å². The first-order valence-corrected chi connectivity index (χ1v) is 18.0. The van der Waals surface area contributed by atoms with Crippen LogP contribution in [-0.2, 0) is 20.5 Å². The summed E-state index contributed by atoms with van der Waals surface area (Å²) in [7, 11) is 1.27. The number of benzene rings is 3. The van der Waals surface area contributed by atoms with Gasteiger partial charge in [0.05, 0.1) is 18.6 Å². The first-order valence-electron chi connectivity index (χ1n) is 18.0. The van der Waals surface area contributed by atoms with Crippen LogP contribution in [0, 0.1) is 29.4 Å². The lowest BCUT2D eigenvalue weighted by Gasteiger charge is -2.32. The predicted molar refractivity (Wildman–Crippen MR) is 193 cm³/mol. The van der Waals surface area contributed by atoms with Gasteiger partial charge in [0.1, 0.15) is 23.6 Å². The molecule has 0 aliphatic heterocycles. The number of hydrogen-bond acceptors (Lipinski definition) is 7. The van der Waals surface area contributed by atoms with E-state index in [1.165, 1.54) is 31.4 Å². The van der Waals surface area contributed by atoms with Gasteiger partial charge in [-0.15, -0.1) is 0 Å². The zero-order chi connectivity index (χ0) is 42.9. The number of carboxylic acid groups (broad SMARTS) is 1. The molecule has 18 heteroatoms. The Kier molecular flexibility index (Phi) is 12.8. The number of anilines is 1. The molecule has 2 amide bonds. The Bertz CT molecular complexity index is 2060. The first kappa shape index (κ1) is 43.9. The second kappa shape index (κ2) is 16.9. The highest BCUT2D eigenvalue weighted by molar-refractivity contribution is 5.94. The lowest BCUT2D eigenvalue weighted by Crippen LogP contribution is -2.47. The quantitative estimate of drug-likeness (QED) is 0.0692. The fourth-order valence-electron chi connectivity index (χ4n) is 7.58. The monoisotopic (exact) mass is 827 g/mol. The summed E-state index contributed by atoms with van der Waals surface area (Å²) in [5.74, 6) is -7.07. The summed E-state index contributed by atoms with van der Waals surface area (Å²) in [5, 5.41) is 29.4. The van der Waals surface area contributed by atoms with Crippen LogP contribution >= 0.6 is 0 Å². The highest BCUT2D eigenvalue weighted by atomic mass is 19.4. The molecule has 3 aromatic rings. The molecule has 5 N–H and O–H groups in total. The average Bonchev–Trinajstić information content (AvgIpc) is 3.64. The van der Waals surface area contributed by atoms with E-state index >= 15 is 4.39 Å². The summed E-state index contributed by atoms with van der Waals surface area (Å²) in [5.41, 5.74) is -2.43. The van der Waals surface area contributed by atoms with Crippen LogP contribution in [0.15, 0.2) is 66.2 Å². The lowest BCUT2D eigenvalue weighted by molar-refractivity contribution is -0.147. The smallest absolute Gasteiger partial charge is 0.419 e. The summed E-state index contributed by atoms with van der Waals surface area (Å²) >= 11 is 0. The topological polar surface area (TPSA) is 146 Å². The Morgan fingerprint density at radius 1 is 0.914 bits per heavy atom. The van der Waals surface area contributed by atoms with Crippen molar-refractivity contribution in [3.8, 4) is 16.9 Å². The summed E-state index contributed by atoms with van der Waals surface area (Å²) in [6, 6.07) is 8.26. The van der Waals surface area contributed by atoms with Crippen LogP contribution in [0.2, 0.25) is 0 Å². The number of alkyl halides is 6. The SMILES string of the molecule is COc1ccc(-c2cc(C(OC(=O)NC(C)(C)C)C(=O)O)ccc2F)cc1C(O)N[C@@H]1C2CCC(/C2=C/CCC(F)(F)F)[C@@H]1C(=O)Nc1ccc(F)c(C(F)(F)F)c1. The molecule has 2 bridgehead atoms. The number of ether oxygens (including phenoxy) is 2. The molecule has 2 saturated carbocycles. The Labute approximate surface area is 327 Å². The van der Waals surface area contributed by atoms with Crippen molar-refractivity contribution in [3.05, 3.63) is 94.6 Å². The number of aliphatic carboxylic acids is 1. The van der Waals surface area contributed by atoms with E-state index in [-0.39, 0.29) is 33.7 Å². The molecule has 0 heterocycles. The number of amides is 2. The van der Waals surface area contributed by atoms with E-state index in [0.717, 1.165) is 24.3 Å². The summed E-state index contributed by atoms with van der Waals surface area (Å²) < 4.78 is 120. The Morgan fingerprint density at radius 3 is 2.21 bits per heavy atom. The summed E-state index contributed by atoms with van der Waals surface area (Å²) in [4.78, 5) is 38.5. The van der Waals surface area contributed by atoms with E-state index in [1.54, 1.807) is 20.8 Å². The van der Waals surface area contributed by atoms with Crippen LogP contribution in [0.3, 0.4) is 0 Å². The molecular weight excluding hydrogens is 786 g/mol. The van der Waals surface area contributed by atoms with E-state index in [2.05, 4.69) is 16.0 Å². The number of allylic oxidation sites excluding steroid dienone is 1. The minimum Gasteiger partial charge on any atom is -0.496 e. The first-order chi connectivity index (χ1) is 27.0. The van der Waals surface area contributed by atoms with Crippen molar-refractivity contribution in [2.24, 2.45) is 17.8 Å². The fourth-order valence-corrected chi connectivity index (χ4v) is 7.58.